The number of nitrogens with zero attached hydrogens (tertiary/aromatic N) is 1. The van der Waals surface area contributed by atoms with Crippen molar-refractivity contribution in [2.24, 2.45) is 0 Å². The van der Waals surface area contributed by atoms with Crippen molar-refractivity contribution in [2.45, 2.75) is 6.18 Å². The Labute approximate surface area is 130 Å². The molecule has 0 aliphatic carbocycles. The van der Waals surface area contributed by atoms with Crippen molar-refractivity contribution in [2.75, 3.05) is 7.11 Å². The minimum Gasteiger partial charge on any atom is -0.269 e. The van der Waals surface area contributed by atoms with E-state index in [-0.39, 0.29) is 5.91 Å². The largest absolute Gasteiger partial charge is 0.416 e. The molecule has 3 rings (SSSR count). The molecule has 0 atom stereocenters. The van der Waals surface area contributed by atoms with Crippen molar-refractivity contribution in [1.29, 1.82) is 0 Å². The van der Waals surface area contributed by atoms with Gasteiger partial charge in [-0.05, 0) is 29.8 Å². The lowest BCUT2D eigenvalue weighted by molar-refractivity contribution is -0.137. The normalized spacial score (nSPS) is 16.1. The third-order valence-corrected chi connectivity index (χ3v) is 3.56. The van der Waals surface area contributed by atoms with Gasteiger partial charge in [-0.25, -0.2) is 0 Å². The van der Waals surface area contributed by atoms with E-state index in [1.54, 1.807) is 30.3 Å². The van der Waals surface area contributed by atoms with E-state index in [0.717, 1.165) is 17.2 Å². The molecule has 0 aromatic heterocycles. The van der Waals surface area contributed by atoms with Gasteiger partial charge in [0.15, 0.2) is 0 Å². The summed E-state index contributed by atoms with van der Waals surface area (Å²) < 4.78 is 37.8. The van der Waals surface area contributed by atoms with E-state index in [9.17, 15) is 18.0 Å². The number of carbonyl (C=O) groups is 1. The zero-order valence-corrected chi connectivity index (χ0v) is 12.1. The summed E-state index contributed by atoms with van der Waals surface area (Å²) in [4.78, 5) is 17.3. The van der Waals surface area contributed by atoms with Gasteiger partial charge in [0.1, 0.15) is 0 Å². The lowest BCUT2D eigenvalue weighted by atomic mass is 10.1. The minimum atomic E-state index is -4.37. The van der Waals surface area contributed by atoms with Crippen LogP contribution in [0, 0.1) is 0 Å². The van der Waals surface area contributed by atoms with Crippen LogP contribution >= 0.6 is 0 Å². The van der Waals surface area contributed by atoms with E-state index in [2.05, 4.69) is 0 Å². The molecule has 3 nitrogen and oxygen atoms in total. The summed E-state index contributed by atoms with van der Waals surface area (Å²) in [6.07, 6.45) is -2.76. The van der Waals surface area contributed by atoms with Crippen molar-refractivity contribution in [3.05, 3.63) is 70.8 Å². The SMILES string of the molecule is CON1C(=O)c2ccccc2/C1=C\c1ccc(C(F)(F)F)cc1. The van der Waals surface area contributed by atoms with Crippen LogP contribution in [0.3, 0.4) is 0 Å². The Bertz CT molecular complexity index is 779. The Balaban J connectivity index is 2.03. The van der Waals surface area contributed by atoms with Crippen LogP contribution in [-0.2, 0) is 11.0 Å². The van der Waals surface area contributed by atoms with Gasteiger partial charge in [-0.15, -0.1) is 0 Å². The Kier molecular flexibility index (Phi) is 3.69. The second-order valence-corrected chi connectivity index (χ2v) is 4.98. The van der Waals surface area contributed by atoms with Crippen LogP contribution in [0.4, 0.5) is 13.2 Å². The molecule has 1 amide bonds. The molecule has 0 spiro atoms. The summed E-state index contributed by atoms with van der Waals surface area (Å²) in [5, 5.41) is 1.13. The third-order valence-electron chi connectivity index (χ3n) is 3.56. The average molecular weight is 319 g/mol. The number of hydrogen-bond donors (Lipinski definition) is 0. The first-order chi connectivity index (χ1) is 10.9. The number of hydrogen-bond acceptors (Lipinski definition) is 2. The molecule has 0 radical (unpaired) electrons. The maximum atomic E-state index is 12.6. The molecule has 1 heterocycles. The van der Waals surface area contributed by atoms with Gasteiger partial charge in [0.25, 0.3) is 5.91 Å². The molecule has 0 fully saturated rings. The fourth-order valence-electron chi connectivity index (χ4n) is 2.47. The van der Waals surface area contributed by atoms with Crippen molar-refractivity contribution in [1.82, 2.24) is 5.06 Å². The summed E-state index contributed by atoms with van der Waals surface area (Å²) in [7, 11) is 1.37. The van der Waals surface area contributed by atoms with Crippen LogP contribution in [-0.4, -0.2) is 18.1 Å². The molecular weight excluding hydrogens is 307 g/mol. The minimum absolute atomic E-state index is 0.304. The van der Waals surface area contributed by atoms with Crippen LogP contribution in [0.25, 0.3) is 11.8 Å². The molecule has 0 saturated carbocycles. The fraction of sp³-hybridized carbons (Fsp3) is 0.118. The van der Waals surface area contributed by atoms with E-state index < -0.39 is 11.7 Å². The van der Waals surface area contributed by atoms with Crippen molar-refractivity contribution in [3.8, 4) is 0 Å². The summed E-state index contributed by atoms with van der Waals surface area (Å²) in [6.45, 7) is 0. The molecule has 0 unspecified atom stereocenters. The highest BCUT2D eigenvalue weighted by atomic mass is 19.4. The average Bonchev–Trinajstić information content (AvgIpc) is 2.79. The van der Waals surface area contributed by atoms with Crippen molar-refractivity contribution >= 4 is 17.7 Å². The number of rotatable bonds is 2. The standard InChI is InChI=1S/C17H12F3NO2/c1-23-21-15(13-4-2-3-5-14(13)16(21)22)10-11-6-8-12(9-7-11)17(18,19)20/h2-10H,1H3/b15-10+. The highest BCUT2D eigenvalue weighted by Gasteiger charge is 2.33. The van der Waals surface area contributed by atoms with Crippen LogP contribution < -0.4 is 0 Å². The van der Waals surface area contributed by atoms with Crippen LogP contribution in [0.2, 0.25) is 0 Å². The monoisotopic (exact) mass is 319 g/mol. The lowest BCUT2D eigenvalue weighted by Crippen LogP contribution is -2.21. The molecule has 2 aromatic carbocycles. The Morgan fingerprint density at radius 3 is 2.17 bits per heavy atom. The quantitative estimate of drug-likeness (QED) is 0.829. The third kappa shape index (κ3) is 2.73. The Hall–Kier alpha value is -2.60. The number of alkyl halides is 3. The van der Waals surface area contributed by atoms with Gasteiger partial charge < -0.3 is 0 Å². The number of hydroxylamine groups is 2. The molecule has 23 heavy (non-hydrogen) atoms. The van der Waals surface area contributed by atoms with Gasteiger partial charge in [-0.3, -0.25) is 9.63 Å². The zero-order valence-electron chi connectivity index (χ0n) is 12.1. The first-order valence-electron chi connectivity index (χ1n) is 6.79. The number of amides is 1. The Morgan fingerprint density at radius 1 is 1.00 bits per heavy atom. The highest BCUT2D eigenvalue weighted by Crippen LogP contribution is 2.34. The van der Waals surface area contributed by atoms with Crippen molar-refractivity contribution < 1.29 is 22.8 Å². The summed E-state index contributed by atoms with van der Waals surface area (Å²) in [6, 6.07) is 11.7. The topological polar surface area (TPSA) is 29.5 Å². The van der Waals surface area contributed by atoms with Gasteiger partial charge in [-0.2, -0.15) is 18.2 Å². The van der Waals surface area contributed by atoms with E-state index in [1.807, 2.05) is 0 Å². The lowest BCUT2D eigenvalue weighted by Gasteiger charge is -2.14. The summed E-state index contributed by atoms with van der Waals surface area (Å²) in [5.41, 5.74) is 1.49. The first kappa shape index (κ1) is 15.3. The number of fused-ring (bicyclic) bond motifs is 1. The molecule has 1 aliphatic heterocycles. The van der Waals surface area contributed by atoms with E-state index in [4.69, 9.17) is 4.84 Å². The highest BCUT2D eigenvalue weighted by molar-refractivity contribution is 6.10. The maximum Gasteiger partial charge on any atom is 0.416 e. The fourth-order valence-corrected chi connectivity index (χ4v) is 2.47. The smallest absolute Gasteiger partial charge is 0.269 e. The second kappa shape index (κ2) is 5.55. The summed E-state index contributed by atoms with van der Waals surface area (Å²) >= 11 is 0. The molecule has 0 bridgehead atoms. The zero-order chi connectivity index (χ0) is 16.6. The first-order valence-corrected chi connectivity index (χ1v) is 6.79. The molecule has 0 saturated heterocycles. The van der Waals surface area contributed by atoms with Gasteiger partial charge in [0.05, 0.1) is 23.9 Å². The van der Waals surface area contributed by atoms with Gasteiger partial charge >= 0.3 is 6.18 Å². The van der Waals surface area contributed by atoms with Crippen LogP contribution in [0.15, 0.2) is 48.5 Å². The number of benzene rings is 2. The number of carbonyl (C=O) groups excluding carboxylic acids is 1. The maximum absolute atomic E-state index is 12.6. The van der Waals surface area contributed by atoms with Gasteiger partial charge in [0.2, 0.25) is 0 Å². The number of halogens is 3. The predicted molar refractivity (Wildman–Crippen MR) is 78.9 cm³/mol. The molecular formula is C17H12F3NO2. The molecule has 118 valence electrons. The van der Waals surface area contributed by atoms with Crippen molar-refractivity contribution in [3.63, 3.8) is 0 Å². The second-order valence-electron chi connectivity index (χ2n) is 4.98. The molecule has 6 heteroatoms. The van der Waals surface area contributed by atoms with Crippen LogP contribution in [0.5, 0.6) is 0 Å². The summed E-state index contributed by atoms with van der Waals surface area (Å²) in [5.74, 6) is -0.304. The molecule has 1 aliphatic rings. The van der Waals surface area contributed by atoms with E-state index in [0.29, 0.717) is 22.4 Å². The van der Waals surface area contributed by atoms with E-state index >= 15 is 0 Å². The molecule has 0 N–H and O–H groups in total. The van der Waals surface area contributed by atoms with Crippen LogP contribution in [0.1, 0.15) is 27.0 Å². The molecule has 2 aromatic rings. The van der Waals surface area contributed by atoms with Gasteiger partial charge in [0, 0.05) is 5.56 Å². The Morgan fingerprint density at radius 2 is 1.61 bits per heavy atom. The van der Waals surface area contributed by atoms with Gasteiger partial charge in [-0.1, -0.05) is 30.3 Å². The van der Waals surface area contributed by atoms with E-state index in [1.165, 1.54) is 19.2 Å². The predicted octanol–water partition coefficient (Wildman–Crippen LogP) is 4.22.